The first-order chi connectivity index (χ1) is 14.1. The lowest BCUT2D eigenvalue weighted by Gasteiger charge is -2.13. The molecule has 0 atom stereocenters. The molecule has 0 saturated carbocycles. The van der Waals surface area contributed by atoms with Gasteiger partial charge in [-0.2, -0.15) is 0 Å². The van der Waals surface area contributed by atoms with E-state index in [1.807, 2.05) is 43.3 Å². The third kappa shape index (κ3) is 5.84. The van der Waals surface area contributed by atoms with Crippen molar-refractivity contribution in [3.8, 4) is 17.2 Å². The number of methoxy groups -OCH3 is 1. The molecule has 0 aromatic heterocycles. The van der Waals surface area contributed by atoms with Gasteiger partial charge in [-0.1, -0.05) is 29.8 Å². The Morgan fingerprint density at radius 3 is 2.34 bits per heavy atom. The standard InChI is InChI=1S/C24H24BrNO3/c1-4-28-21-11-9-20(10-12-21)26-15-19-13-22(25)24(23(14-19)27-3)29-16-18-7-5-17(2)6-8-18/h5-15H,4,16H2,1-3H3. The lowest BCUT2D eigenvalue weighted by Crippen LogP contribution is -1.99. The van der Waals surface area contributed by atoms with E-state index in [1.165, 1.54) is 5.56 Å². The molecule has 0 fully saturated rings. The summed E-state index contributed by atoms with van der Waals surface area (Å²) in [6.07, 6.45) is 1.80. The van der Waals surface area contributed by atoms with Gasteiger partial charge in [0.05, 0.1) is 23.9 Å². The van der Waals surface area contributed by atoms with Gasteiger partial charge >= 0.3 is 0 Å². The Labute approximate surface area is 180 Å². The molecule has 0 unspecified atom stereocenters. The number of halogens is 1. The van der Waals surface area contributed by atoms with Gasteiger partial charge in [-0.15, -0.1) is 0 Å². The van der Waals surface area contributed by atoms with Crippen LogP contribution in [0, 0.1) is 6.92 Å². The van der Waals surface area contributed by atoms with Crippen LogP contribution >= 0.6 is 15.9 Å². The molecule has 0 amide bonds. The lowest BCUT2D eigenvalue weighted by molar-refractivity contribution is 0.282. The molecular weight excluding hydrogens is 430 g/mol. The van der Waals surface area contributed by atoms with E-state index in [9.17, 15) is 0 Å². The normalized spacial score (nSPS) is 10.9. The van der Waals surface area contributed by atoms with Crippen LogP contribution < -0.4 is 14.2 Å². The molecule has 0 radical (unpaired) electrons. The number of ether oxygens (including phenoxy) is 3. The number of benzene rings is 3. The van der Waals surface area contributed by atoms with Gasteiger partial charge in [0.1, 0.15) is 12.4 Å². The van der Waals surface area contributed by atoms with Gasteiger partial charge in [0, 0.05) is 6.21 Å². The molecule has 4 nitrogen and oxygen atoms in total. The Hall–Kier alpha value is -2.79. The summed E-state index contributed by atoms with van der Waals surface area (Å²) in [7, 11) is 1.63. The van der Waals surface area contributed by atoms with Gasteiger partial charge in [-0.3, -0.25) is 4.99 Å². The van der Waals surface area contributed by atoms with Crippen molar-refractivity contribution >= 4 is 27.8 Å². The van der Waals surface area contributed by atoms with Crippen LogP contribution in [0.15, 0.2) is 70.1 Å². The van der Waals surface area contributed by atoms with Crippen LogP contribution in [0.1, 0.15) is 23.6 Å². The van der Waals surface area contributed by atoms with Crippen molar-refractivity contribution in [1.29, 1.82) is 0 Å². The highest BCUT2D eigenvalue weighted by molar-refractivity contribution is 9.10. The molecule has 0 aliphatic heterocycles. The molecule has 3 rings (SSSR count). The summed E-state index contributed by atoms with van der Waals surface area (Å²) < 4.78 is 17.8. The smallest absolute Gasteiger partial charge is 0.175 e. The minimum absolute atomic E-state index is 0.467. The van der Waals surface area contributed by atoms with Crippen molar-refractivity contribution in [3.63, 3.8) is 0 Å². The zero-order valence-corrected chi connectivity index (χ0v) is 18.4. The molecular formula is C24H24BrNO3. The molecule has 0 spiro atoms. The van der Waals surface area contributed by atoms with Crippen molar-refractivity contribution in [3.05, 3.63) is 81.8 Å². The molecule has 150 valence electrons. The maximum Gasteiger partial charge on any atom is 0.175 e. The van der Waals surface area contributed by atoms with Crippen LogP contribution in [0.3, 0.4) is 0 Å². The Morgan fingerprint density at radius 2 is 1.69 bits per heavy atom. The summed E-state index contributed by atoms with van der Waals surface area (Å²) in [4.78, 5) is 4.53. The molecule has 0 bridgehead atoms. The van der Waals surface area contributed by atoms with Gasteiger partial charge in [0.15, 0.2) is 11.5 Å². The third-order valence-corrected chi connectivity index (χ3v) is 4.86. The molecule has 5 heteroatoms. The predicted octanol–water partition coefficient (Wildman–Crippen LogP) is 6.49. The summed E-state index contributed by atoms with van der Waals surface area (Å²) in [6.45, 7) is 5.15. The van der Waals surface area contributed by atoms with Gasteiger partial charge in [-0.05, 0) is 77.3 Å². The molecule has 0 aliphatic rings. The number of rotatable bonds is 8. The van der Waals surface area contributed by atoms with Crippen LogP contribution in [0.2, 0.25) is 0 Å². The van der Waals surface area contributed by atoms with Crippen molar-refractivity contribution in [2.75, 3.05) is 13.7 Å². The van der Waals surface area contributed by atoms with Crippen molar-refractivity contribution in [1.82, 2.24) is 0 Å². The summed E-state index contributed by atoms with van der Waals surface area (Å²) in [5.74, 6) is 2.16. The van der Waals surface area contributed by atoms with Crippen LogP contribution in [0.4, 0.5) is 5.69 Å². The fourth-order valence-corrected chi connectivity index (χ4v) is 3.31. The van der Waals surface area contributed by atoms with Crippen LogP contribution in [0.25, 0.3) is 0 Å². The fourth-order valence-electron chi connectivity index (χ4n) is 2.74. The number of nitrogens with zero attached hydrogens (tertiary/aromatic N) is 1. The van der Waals surface area contributed by atoms with Crippen molar-refractivity contribution in [2.24, 2.45) is 4.99 Å². The second-order valence-corrected chi connectivity index (χ2v) is 7.35. The zero-order chi connectivity index (χ0) is 20.6. The maximum absolute atomic E-state index is 6.01. The summed E-state index contributed by atoms with van der Waals surface area (Å²) in [6, 6.07) is 19.8. The average molecular weight is 454 g/mol. The predicted molar refractivity (Wildman–Crippen MR) is 121 cm³/mol. The first-order valence-corrected chi connectivity index (χ1v) is 10.2. The first kappa shape index (κ1) is 20.9. The Kier molecular flexibility index (Phi) is 7.30. The number of aryl methyl sites for hydroxylation is 1. The molecule has 0 aliphatic carbocycles. The van der Waals surface area contributed by atoms with E-state index in [1.54, 1.807) is 13.3 Å². The van der Waals surface area contributed by atoms with Gasteiger partial charge in [-0.25, -0.2) is 0 Å². The fraction of sp³-hybridized carbons (Fsp3) is 0.208. The monoisotopic (exact) mass is 453 g/mol. The topological polar surface area (TPSA) is 40.0 Å². The van der Waals surface area contributed by atoms with Gasteiger partial charge < -0.3 is 14.2 Å². The number of hydrogen-bond acceptors (Lipinski definition) is 4. The van der Waals surface area contributed by atoms with Crippen LogP contribution in [-0.2, 0) is 6.61 Å². The maximum atomic E-state index is 6.01. The second kappa shape index (κ2) is 10.1. The summed E-state index contributed by atoms with van der Waals surface area (Å²) in [5, 5.41) is 0. The molecule has 0 heterocycles. The van der Waals surface area contributed by atoms with E-state index in [4.69, 9.17) is 14.2 Å². The number of aliphatic imine (C=N–C) groups is 1. The first-order valence-electron chi connectivity index (χ1n) is 9.42. The highest BCUT2D eigenvalue weighted by atomic mass is 79.9. The third-order valence-electron chi connectivity index (χ3n) is 4.27. The van der Waals surface area contributed by atoms with Crippen molar-refractivity contribution < 1.29 is 14.2 Å². The minimum Gasteiger partial charge on any atom is -0.494 e. The van der Waals surface area contributed by atoms with Gasteiger partial charge in [0.2, 0.25) is 0 Å². The Morgan fingerprint density at radius 1 is 0.966 bits per heavy atom. The SMILES string of the molecule is CCOc1ccc(N=Cc2cc(Br)c(OCc3ccc(C)cc3)c(OC)c2)cc1. The van der Waals surface area contributed by atoms with Crippen molar-refractivity contribution in [2.45, 2.75) is 20.5 Å². The Balaban J connectivity index is 1.74. The van der Waals surface area contributed by atoms with E-state index in [0.29, 0.717) is 24.7 Å². The summed E-state index contributed by atoms with van der Waals surface area (Å²) in [5.41, 5.74) is 4.09. The largest absolute Gasteiger partial charge is 0.494 e. The molecule has 0 N–H and O–H groups in total. The lowest BCUT2D eigenvalue weighted by atomic mass is 10.1. The average Bonchev–Trinajstić information content (AvgIpc) is 2.73. The molecule has 3 aromatic rings. The zero-order valence-electron chi connectivity index (χ0n) is 16.8. The van der Waals surface area contributed by atoms with E-state index < -0.39 is 0 Å². The summed E-state index contributed by atoms with van der Waals surface area (Å²) >= 11 is 3.59. The van der Waals surface area contributed by atoms with Crippen LogP contribution in [-0.4, -0.2) is 19.9 Å². The highest BCUT2D eigenvalue weighted by Gasteiger charge is 2.11. The molecule has 3 aromatic carbocycles. The quantitative estimate of drug-likeness (QED) is 0.365. The second-order valence-electron chi connectivity index (χ2n) is 6.49. The molecule has 0 saturated heterocycles. The molecule has 29 heavy (non-hydrogen) atoms. The highest BCUT2D eigenvalue weighted by Crippen LogP contribution is 2.37. The van der Waals surface area contributed by atoms with Crippen LogP contribution in [0.5, 0.6) is 17.2 Å². The van der Waals surface area contributed by atoms with E-state index >= 15 is 0 Å². The Bertz CT molecular complexity index is 967. The van der Waals surface area contributed by atoms with Gasteiger partial charge in [0.25, 0.3) is 0 Å². The van der Waals surface area contributed by atoms with E-state index in [-0.39, 0.29) is 0 Å². The minimum atomic E-state index is 0.467. The number of hydrogen-bond donors (Lipinski definition) is 0. The van der Waals surface area contributed by atoms with E-state index in [0.717, 1.165) is 27.0 Å². The van der Waals surface area contributed by atoms with E-state index in [2.05, 4.69) is 52.1 Å².